The van der Waals surface area contributed by atoms with E-state index in [-0.39, 0.29) is 24.4 Å². The van der Waals surface area contributed by atoms with E-state index in [1.165, 1.54) is 6.42 Å². The van der Waals surface area contributed by atoms with Crippen LogP contribution in [0.15, 0.2) is 0 Å². The van der Waals surface area contributed by atoms with Gasteiger partial charge in [0.05, 0.1) is 11.9 Å². The summed E-state index contributed by atoms with van der Waals surface area (Å²) < 4.78 is 32.3. The molecule has 0 unspecified atom stereocenters. The lowest BCUT2D eigenvalue weighted by atomic mass is 9.95. The van der Waals surface area contributed by atoms with E-state index in [1.54, 1.807) is 4.31 Å². The topological polar surface area (TPSA) is 66.8 Å². The molecule has 1 N–H and O–H groups in total. The van der Waals surface area contributed by atoms with E-state index < -0.39 is 10.0 Å². The molecule has 0 radical (unpaired) electrons. The molecule has 1 saturated carbocycles. The molecule has 6 heteroatoms. The molecule has 0 spiro atoms. The summed E-state index contributed by atoms with van der Waals surface area (Å²) in [6.45, 7) is 1.20. The molecule has 5 nitrogen and oxygen atoms in total. The van der Waals surface area contributed by atoms with Gasteiger partial charge in [0.2, 0.25) is 10.0 Å². The summed E-state index contributed by atoms with van der Waals surface area (Å²) in [6.07, 6.45) is 6.41. The van der Waals surface area contributed by atoms with E-state index in [4.69, 9.17) is 4.74 Å². The van der Waals surface area contributed by atoms with E-state index >= 15 is 0 Å². The average Bonchev–Trinajstić information content (AvgIpc) is 2.46. The molecule has 19 heavy (non-hydrogen) atoms. The molecule has 0 aromatic rings. The smallest absolute Gasteiger partial charge is 0.217 e. The van der Waals surface area contributed by atoms with Crippen molar-refractivity contribution < 1.29 is 18.3 Å². The van der Waals surface area contributed by atoms with Crippen LogP contribution in [-0.2, 0) is 14.8 Å². The first-order valence-electron chi connectivity index (χ1n) is 7.35. The van der Waals surface area contributed by atoms with Crippen LogP contribution in [0, 0.1) is 0 Å². The van der Waals surface area contributed by atoms with Crippen molar-refractivity contribution in [1.29, 1.82) is 0 Å². The maximum absolute atomic E-state index is 12.7. The Labute approximate surface area is 116 Å². The Morgan fingerprint density at radius 2 is 1.68 bits per heavy atom. The lowest BCUT2D eigenvalue weighted by Crippen LogP contribution is -2.48. The molecule has 0 atom stereocenters. The van der Waals surface area contributed by atoms with Gasteiger partial charge in [-0.2, -0.15) is 4.31 Å². The van der Waals surface area contributed by atoms with Crippen molar-refractivity contribution in [3.63, 3.8) is 0 Å². The molecule has 2 aliphatic rings. The van der Waals surface area contributed by atoms with E-state index in [0.29, 0.717) is 26.1 Å². The third-order valence-corrected chi connectivity index (χ3v) is 6.67. The highest BCUT2D eigenvalue weighted by Crippen LogP contribution is 2.28. The van der Waals surface area contributed by atoms with Crippen molar-refractivity contribution in [3.05, 3.63) is 0 Å². The zero-order valence-electron chi connectivity index (χ0n) is 11.5. The summed E-state index contributed by atoms with van der Waals surface area (Å²) in [5.41, 5.74) is 0. The zero-order chi connectivity index (χ0) is 13.7. The van der Waals surface area contributed by atoms with Crippen LogP contribution >= 0.6 is 0 Å². The molecule has 1 heterocycles. The van der Waals surface area contributed by atoms with Crippen LogP contribution in [0.25, 0.3) is 0 Å². The van der Waals surface area contributed by atoms with Crippen molar-refractivity contribution in [3.8, 4) is 0 Å². The van der Waals surface area contributed by atoms with Crippen LogP contribution < -0.4 is 0 Å². The molecule has 2 rings (SSSR count). The Hall–Kier alpha value is -0.170. The lowest BCUT2D eigenvalue weighted by molar-refractivity contribution is 0.0959. The van der Waals surface area contributed by atoms with Crippen molar-refractivity contribution in [2.24, 2.45) is 0 Å². The van der Waals surface area contributed by atoms with Crippen molar-refractivity contribution >= 4 is 10.0 Å². The van der Waals surface area contributed by atoms with Gasteiger partial charge >= 0.3 is 0 Å². The van der Waals surface area contributed by atoms with Crippen molar-refractivity contribution in [2.75, 3.05) is 26.4 Å². The molecule has 1 aliphatic heterocycles. The van der Waals surface area contributed by atoms with Gasteiger partial charge in [0.1, 0.15) is 0 Å². The summed E-state index contributed by atoms with van der Waals surface area (Å²) in [4.78, 5) is 0. The highest BCUT2D eigenvalue weighted by molar-refractivity contribution is 7.89. The first-order chi connectivity index (χ1) is 9.16. The van der Waals surface area contributed by atoms with Crippen LogP contribution in [0.3, 0.4) is 0 Å². The van der Waals surface area contributed by atoms with Crippen LogP contribution in [0.4, 0.5) is 0 Å². The highest BCUT2D eigenvalue weighted by Gasteiger charge is 2.37. The monoisotopic (exact) mass is 291 g/mol. The second kappa shape index (κ2) is 7.02. The molecule has 112 valence electrons. The van der Waals surface area contributed by atoms with Crippen molar-refractivity contribution in [1.82, 2.24) is 4.31 Å². The SMILES string of the molecule is O=S(=O)(C1CCOCC1)N(CCO)C1CCCCC1. The predicted octanol–water partition coefficient (Wildman–Crippen LogP) is 1.12. The number of rotatable bonds is 5. The molecule has 2 fully saturated rings. The van der Waals surface area contributed by atoms with Crippen LogP contribution in [0.2, 0.25) is 0 Å². The number of aliphatic hydroxyl groups excluding tert-OH is 1. The Morgan fingerprint density at radius 1 is 1.05 bits per heavy atom. The summed E-state index contributed by atoms with van der Waals surface area (Å²) in [5.74, 6) is 0. The lowest BCUT2D eigenvalue weighted by Gasteiger charge is -2.36. The molecule has 0 aromatic heterocycles. The second-order valence-corrected chi connectivity index (χ2v) is 7.65. The number of nitrogens with zero attached hydrogens (tertiary/aromatic N) is 1. The summed E-state index contributed by atoms with van der Waals surface area (Å²) in [6, 6.07) is 0.0914. The Morgan fingerprint density at radius 3 is 2.26 bits per heavy atom. The summed E-state index contributed by atoms with van der Waals surface area (Å²) in [5, 5.41) is 8.87. The largest absolute Gasteiger partial charge is 0.395 e. The normalized spacial score (nSPS) is 23.9. The Kier molecular flexibility index (Phi) is 5.62. The average molecular weight is 291 g/mol. The minimum Gasteiger partial charge on any atom is -0.395 e. The van der Waals surface area contributed by atoms with Gasteiger partial charge in [0.15, 0.2) is 0 Å². The van der Waals surface area contributed by atoms with Gasteiger partial charge in [0.25, 0.3) is 0 Å². The highest BCUT2D eigenvalue weighted by atomic mass is 32.2. The summed E-state index contributed by atoms with van der Waals surface area (Å²) in [7, 11) is -3.29. The minimum atomic E-state index is -3.29. The van der Waals surface area contributed by atoms with Gasteiger partial charge in [-0.25, -0.2) is 8.42 Å². The maximum atomic E-state index is 12.7. The zero-order valence-corrected chi connectivity index (χ0v) is 12.3. The first kappa shape index (κ1) is 15.2. The van der Waals surface area contributed by atoms with Gasteiger partial charge in [-0.15, -0.1) is 0 Å². The third kappa shape index (κ3) is 3.68. The molecular weight excluding hydrogens is 266 g/mol. The summed E-state index contributed by atoms with van der Waals surface area (Å²) >= 11 is 0. The molecule has 0 aromatic carbocycles. The van der Waals surface area contributed by atoms with E-state index in [1.807, 2.05) is 0 Å². The van der Waals surface area contributed by atoms with E-state index in [9.17, 15) is 13.5 Å². The first-order valence-corrected chi connectivity index (χ1v) is 8.86. The number of hydrogen-bond donors (Lipinski definition) is 1. The number of sulfonamides is 1. The number of ether oxygens (including phenoxy) is 1. The molecule has 0 bridgehead atoms. The van der Waals surface area contributed by atoms with E-state index in [2.05, 4.69) is 0 Å². The van der Waals surface area contributed by atoms with Crippen LogP contribution in [-0.4, -0.2) is 55.5 Å². The number of aliphatic hydroxyl groups is 1. The minimum absolute atomic E-state index is 0.0914. The third-order valence-electron chi connectivity index (χ3n) is 4.22. The molecule has 1 saturated heterocycles. The van der Waals surface area contributed by atoms with Crippen molar-refractivity contribution in [2.45, 2.75) is 56.2 Å². The van der Waals surface area contributed by atoms with E-state index in [0.717, 1.165) is 25.7 Å². The molecule has 1 aliphatic carbocycles. The maximum Gasteiger partial charge on any atom is 0.217 e. The fourth-order valence-electron chi connectivity index (χ4n) is 3.15. The fraction of sp³-hybridized carbons (Fsp3) is 1.00. The van der Waals surface area contributed by atoms with Gasteiger partial charge in [0, 0.05) is 25.8 Å². The van der Waals surface area contributed by atoms with Gasteiger partial charge in [-0.1, -0.05) is 19.3 Å². The quantitative estimate of drug-likeness (QED) is 0.824. The van der Waals surface area contributed by atoms with Gasteiger partial charge in [-0.05, 0) is 25.7 Å². The van der Waals surface area contributed by atoms with Crippen LogP contribution in [0.1, 0.15) is 44.9 Å². The molecular formula is C13H25NO4S. The number of hydrogen-bond acceptors (Lipinski definition) is 4. The fourth-order valence-corrected chi connectivity index (χ4v) is 5.28. The second-order valence-electron chi connectivity index (χ2n) is 5.48. The standard InChI is InChI=1S/C13H25NO4S/c15-9-8-14(12-4-2-1-3-5-12)19(16,17)13-6-10-18-11-7-13/h12-13,15H,1-11H2. The molecule has 0 amide bonds. The van der Waals surface area contributed by atoms with Crippen LogP contribution in [0.5, 0.6) is 0 Å². The van der Waals surface area contributed by atoms with Gasteiger partial charge < -0.3 is 9.84 Å². The Balaban J connectivity index is 2.11. The Bertz CT molecular complexity index is 359. The predicted molar refractivity (Wildman–Crippen MR) is 73.4 cm³/mol. The van der Waals surface area contributed by atoms with Gasteiger partial charge in [-0.3, -0.25) is 0 Å².